The molecule has 2 amide bonds. The third-order valence-electron chi connectivity index (χ3n) is 5.39. The van der Waals surface area contributed by atoms with Gasteiger partial charge in [-0.25, -0.2) is 9.78 Å². The first-order valence-corrected chi connectivity index (χ1v) is 11.1. The molecule has 3 heterocycles. The molecular weight excluding hydrogens is 450 g/mol. The third-order valence-corrected chi connectivity index (χ3v) is 5.39. The molecule has 1 N–H and O–H groups in total. The Labute approximate surface area is 202 Å². The molecule has 0 fully saturated rings. The number of amides is 2. The number of ether oxygens (including phenoxy) is 2. The lowest BCUT2D eigenvalue weighted by atomic mass is 10.0. The first-order valence-electron chi connectivity index (χ1n) is 11.1. The van der Waals surface area contributed by atoms with Gasteiger partial charge in [0.1, 0.15) is 5.60 Å². The molecule has 0 saturated carbocycles. The molecule has 0 spiro atoms. The van der Waals surface area contributed by atoms with E-state index in [4.69, 9.17) is 9.47 Å². The smallest absolute Gasteiger partial charge is 0.412 e. The number of aromatic nitrogens is 3. The van der Waals surface area contributed by atoms with E-state index in [1.54, 1.807) is 66.8 Å². The van der Waals surface area contributed by atoms with Crippen molar-refractivity contribution < 1.29 is 23.9 Å². The summed E-state index contributed by atoms with van der Waals surface area (Å²) < 4.78 is 11.9. The number of nitrogens with one attached hydrogen (secondary N) is 1. The number of rotatable bonds is 5. The van der Waals surface area contributed by atoms with Crippen molar-refractivity contribution in [3.63, 3.8) is 0 Å². The zero-order chi connectivity index (χ0) is 25.3. The van der Waals surface area contributed by atoms with E-state index >= 15 is 0 Å². The molecule has 1 aliphatic rings. The van der Waals surface area contributed by atoms with Crippen LogP contribution in [0.4, 0.5) is 16.2 Å². The van der Waals surface area contributed by atoms with E-state index in [1.807, 2.05) is 6.92 Å². The zero-order valence-corrected chi connectivity index (χ0v) is 20.2. The summed E-state index contributed by atoms with van der Waals surface area (Å²) in [5.74, 6) is -0.0772. The highest BCUT2D eigenvalue weighted by Gasteiger charge is 2.35. The summed E-state index contributed by atoms with van der Waals surface area (Å²) in [5.41, 5.74) is 1.39. The van der Waals surface area contributed by atoms with Gasteiger partial charge in [-0.05, 0) is 58.0 Å². The Hall–Kier alpha value is -4.21. The maximum absolute atomic E-state index is 13.5. The first kappa shape index (κ1) is 23.9. The van der Waals surface area contributed by atoms with E-state index in [1.165, 1.54) is 19.5 Å². The normalized spacial score (nSPS) is 15.4. The molecule has 2 aromatic heterocycles. The third kappa shape index (κ3) is 5.01. The summed E-state index contributed by atoms with van der Waals surface area (Å²) in [5, 5.41) is 6.88. The number of methoxy groups -OCH3 is 1. The van der Waals surface area contributed by atoms with Crippen molar-refractivity contribution in [2.45, 2.75) is 45.9 Å². The molecule has 0 bridgehead atoms. The predicted octanol–water partition coefficient (Wildman–Crippen LogP) is 3.91. The number of hydrogen-bond donors (Lipinski definition) is 1. The van der Waals surface area contributed by atoms with Crippen LogP contribution in [0.15, 0.2) is 48.8 Å². The number of nitrogens with zero attached hydrogens (tertiary/aromatic N) is 4. The van der Waals surface area contributed by atoms with E-state index in [0.29, 0.717) is 29.2 Å². The van der Waals surface area contributed by atoms with Gasteiger partial charge in [0.25, 0.3) is 5.91 Å². The Kier molecular flexibility index (Phi) is 6.29. The second-order valence-corrected chi connectivity index (χ2v) is 9.21. The molecule has 3 aromatic rings. The Morgan fingerprint density at radius 3 is 2.34 bits per heavy atom. The quantitative estimate of drug-likeness (QED) is 0.554. The van der Waals surface area contributed by atoms with Gasteiger partial charge in [0.2, 0.25) is 5.88 Å². The molecule has 0 saturated heterocycles. The summed E-state index contributed by atoms with van der Waals surface area (Å²) in [6.07, 6.45) is 2.24. The van der Waals surface area contributed by atoms with Crippen molar-refractivity contribution in [2.24, 2.45) is 0 Å². The van der Waals surface area contributed by atoms with Gasteiger partial charge in [0, 0.05) is 29.1 Å². The monoisotopic (exact) mass is 477 g/mol. The number of hydrogen-bond acceptors (Lipinski definition) is 7. The molecule has 4 rings (SSSR count). The van der Waals surface area contributed by atoms with Crippen molar-refractivity contribution in [3.8, 4) is 5.88 Å². The second kappa shape index (κ2) is 9.21. The van der Waals surface area contributed by atoms with Crippen LogP contribution in [0.5, 0.6) is 5.88 Å². The average Bonchev–Trinajstić information content (AvgIpc) is 3.20. The van der Waals surface area contributed by atoms with Gasteiger partial charge in [-0.2, -0.15) is 5.10 Å². The van der Waals surface area contributed by atoms with E-state index < -0.39 is 11.7 Å². The Morgan fingerprint density at radius 2 is 1.74 bits per heavy atom. The van der Waals surface area contributed by atoms with Gasteiger partial charge in [-0.1, -0.05) is 0 Å². The number of carbonyl (C=O) groups excluding carboxylic acids is 3. The van der Waals surface area contributed by atoms with Crippen LogP contribution in [0.3, 0.4) is 0 Å². The van der Waals surface area contributed by atoms with Gasteiger partial charge in [0.15, 0.2) is 11.5 Å². The van der Waals surface area contributed by atoms with E-state index in [-0.39, 0.29) is 29.1 Å². The fourth-order valence-corrected chi connectivity index (χ4v) is 3.85. The molecule has 35 heavy (non-hydrogen) atoms. The zero-order valence-electron chi connectivity index (χ0n) is 20.2. The highest BCUT2D eigenvalue weighted by Crippen LogP contribution is 2.29. The largest absolute Gasteiger partial charge is 0.481 e. The van der Waals surface area contributed by atoms with Crippen molar-refractivity contribution in [2.75, 3.05) is 17.3 Å². The van der Waals surface area contributed by atoms with Crippen LogP contribution in [0.2, 0.25) is 0 Å². The Bertz CT molecular complexity index is 1260. The first-order chi connectivity index (χ1) is 16.6. The van der Waals surface area contributed by atoms with Crippen LogP contribution in [0.25, 0.3) is 0 Å². The van der Waals surface area contributed by atoms with Gasteiger partial charge in [-0.15, -0.1) is 0 Å². The minimum atomic E-state index is -0.678. The predicted molar refractivity (Wildman–Crippen MR) is 129 cm³/mol. The van der Waals surface area contributed by atoms with Gasteiger partial charge in [0.05, 0.1) is 31.6 Å². The fraction of sp³-hybridized carbons (Fsp3) is 0.320. The number of pyridine rings is 1. The van der Waals surface area contributed by atoms with Crippen LogP contribution < -0.4 is 15.0 Å². The van der Waals surface area contributed by atoms with Gasteiger partial charge >= 0.3 is 6.09 Å². The molecule has 10 heteroatoms. The summed E-state index contributed by atoms with van der Waals surface area (Å²) in [4.78, 5) is 44.2. The van der Waals surface area contributed by atoms with Crippen molar-refractivity contribution in [3.05, 3.63) is 65.6 Å². The molecule has 0 unspecified atom stereocenters. The number of anilines is 2. The molecule has 1 aliphatic heterocycles. The molecule has 182 valence electrons. The summed E-state index contributed by atoms with van der Waals surface area (Å²) in [6, 6.07) is 9.88. The van der Waals surface area contributed by atoms with Crippen LogP contribution in [-0.2, 0) is 11.3 Å². The van der Waals surface area contributed by atoms with E-state index in [2.05, 4.69) is 15.4 Å². The Balaban J connectivity index is 1.55. The molecular formula is C25H27N5O5. The average molecular weight is 478 g/mol. The topological polar surface area (TPSA) is 116 Å². The van der Waals surface area contributed by atoms with Crippen molar-refractivity contribution in [1.82, 2.24) is 14.8 Å². The number of carbonyl (C=O) groups is 3. The summed E-state index contributed by atoms with van der Waals surface area (Å²) in [6.45, 7) is 7.62. The lowest BCUT2D eigenvalue weighted by Gasteiger charge is -2.34. The van der Waals surface area contributed by atoms with Crippen LogP contribution in [-0.4, -0.2) is 51.3 Å². The van der Waals surface area contributed by atoms with E-state index in [0.717, 1.165) is 0 Å². The fourth-order valence-electron chi connectivity index (χ4n) is 3.85. The molecule has 0 radical (unpaired) electrons. The van der Waals surface area contributed by atoms with E-state index in [9.17, 15) is 14.4 Å². The highest BCUT2D eigenvalue weighted by molar-refractivity contribution is 6.12. The Morgan fingerprint density at radius 1 is 1.06 bits per heavy atom. The molecule has 10 nitrogen and oxygen atoms in total. The van der Waals surface area contributed by atoms with Crippen LogP contribution >= 0.6 is 0 Å². The summed E-state index contributed by atoms with van der Waals surface area (Å²) in [7, 11) is 1.51. The maximum atomic E-state index is 13.5. The van der Waals surface area contributed by atoms with Gasteiger partial charge < -0.3 is 14.4 Å². The summed E-state index contributed by atoms with van der Waals surface area (Å²) >= 11 is 0. The lowest BCUT2D eigenvalue weighted by molar-refractivity contribution is 0.0635. The van der Waals surface area contributed by atoms with Crippen LogP contribution in [0, 0.1) is 0 Å². The number of benzene rings is 1. The maximum Gasteiger partial charge on any atom is 0.412 e. The van der Waals surface area contributed by atoms with Crippen molar-refractivity contribution >= 4 is 29.2 Å². The number of fused-ring (bicyclic) bond motifs is 1. The SMILES string of the molecule is COc1ccc(C(=O)c2ccc(N3C(=O)c4c(NC(=O)OC(C)(C)C)cnn4C[C@@H]3C)cc2)cn1. The second-order valence-electron chi connectivity index (χ2n) is 9.21. The minimum absolute atomic E-state index is 0.188. The molecule has 1 atom stereocenters. The highest BCUT2D eigenvalue weighted by atomic mass is 16.6. The molecule has 0 aliphatic carbocycles. The minimum Gasteiger partial charge on any atom is -0.481 e. The van der Waals surface area contributed by atoms with Crippen LogP contribution in [0.1, 0.15) is 54.1 Å². The number of ketones is 1. The van der Waals surface area contributed by atoms with Gasteiger partial charge in [-0.3, -0.25) is 19.6 Å². The lowest BCUT2D eigenvalue weighted by Crippen LogP contribution is -2.47. The standard InChI is InChI=1S/C25H27N5O5/c1-15-14-29-21(19(13-27-29)28-24(33)35-25(2,3)4)23(32)30(15)18-9-6-16(7-10-18)22(31)17-8-11-20(34-5)26-12-17/h6-13,15H,14H2,1-5H3,(H,28,33)/t15-/m0/s1. The molecule has 1 aromatic carbocycles. The van der Waals surface area contributed by atoms with Crippen molar-refractivity contribution in [1.29, 1.82) is 0 Å².